The molecule has 2 aromatic rings. The van der Waals surface area contributed by atoms with Gasteiger partial charge >= 0.3 is 5.97 Å². The molecule has 5 heteroatoms. The molecule has 0 saturated heterocycles. The highest BCUT2D eigenvalue weighted by atomic mass is 19.1. The first-order chi connectivity index (χ1) is 9.60. The molecule has 0 radical (unpaired) electrons. The Morgan fingerprint density at radius 3 is 2.80 bits per heavy atom. The van der Waals surface area contributed by atoms with Gasteiger partial charge < -0.3 is 15.8 Å². The van der Waals surface area contributed by atoms with E-state index in [1.807, 2.05) is 6.07 Å². The van der Waals surface area contributed by atoms with Crippen LogP contribution in [-0.4, -0.2) is 13.1 Å². The van der Waals surface area contributed by atoms with Crippen LogP contribution in [0.4, 0.5) is 15.8 Å². The molecule has 0 saturated carbocycles. The molecule has 0 unspecified atom stereocenters. The Bertz CT molecular complexity index is 629. The molecule has 0 bridgehead atoms. The first-order valence-corrected chi connectivity index (χ1v) is 6.06. The first kappa shape index (κ1) is 13.9. The molecule has 0 aliphatic carbocycles. The number of esters is 1. The fourth-order valence-corrected chi connectivity index (χ4v) is 1.80. The summed E-state index contributed by atoms with van der Waals surface area (Å²) in [6.07, 6.45) is 0. The third kappa shape index (κ3) is 3.26. The molecule has 0 heterocycles. The number of halogens is 1. The Labute approximate surface area is 116 Å². The Balaban J connectivity index is 2.12. The SMILES string of the molecule is COC(=O)c1cc(NCc2cccc(F)c2)ccc1N. The smallest absolute Gasteiger partial charge is 0.340 e. The zero-order valence-electron chi connectivity index (χ0n) is 11.0. The van der Waals surface area contributed by atoms with Gasteiger partial charge in [-0.05, 0) is 35.9 Å². The fourth-order valence-electron chi connectivity index (χ4n) is 1.80. The van der Waals surface area contributed by atoms with Gasteiger partial charge in [-0.3, -0.25) is 0 Å². The molecule has 0 aliphatic heterocycles. The van der Waals surface area contributed by atoms with Crippen LogP contribution in [0, 0.1) is 5.82 Å². The van der Waals surface area contributed by atoms with E-state index in [2.05, 4.69) is 10.1 Å². The maximum Gasteiger partial charge on any atom is 0.340 e. The lowest BCUT2D eigenvalue weighted by Crippen LogP contribution is -2.07. The molecule has 2 aromatic carbocycles. The zero-order chi connectivity index (χ0) is 14.5. The second kappa shape index (κ2) is 6.06. The summed E-state index contributed by atoms with van der Waals surface area (Å²) in [5, 5.41) is 3.10. The van der Waals surface area contributed by atoms with Gasteiger partial charge in [0.25, 0.3) is 0 Å². The number of nitrogen functional groups attached to an aromatic ring is 1. The number of rotatable bonds is 4. The summed E-state index contributed by atoms with van der Waals surface area (Å²) in [4.78, 5) is 11.5. The quantitative estimate of drug-likeness (QED) is 0.664. The van der Waals surface area contributed by atoms with Crippen LogP contribution >= 0.6 is 0 Å². The second-order valence-electron chi connectivity index (χ2n) is 4.28. The van der Waals surface area contributed by atoms with E-state index in [4.69, 9.17) is 5.73 Å². The summed E-state index contributed by atoms with van der Waals surface area (Å²) in [5.41, 5.74) is 7.89. The van der Waals surface area contributed by atoms with Gasteiger partial charge in [0.15, 0.2) is 0 Å². The van der Waals surface area contributed by atoms with Crippen molar-refractivity contribution in [3.05, 3.63) is 59.4 Å². The van der Waals surface area contributed by atoms with Crippen molar-refractivity contribution in [2.24, 2.45) is 0 Å². The summed E-state index contributed by atoms with van der Waals surface area (Å²) in [5.74, 6) is -0.770. The van der Waals surface area contributed by atoms with Crippen LogP contribution < -0.4 is 11.1 Å². The lowest BCUT2D eigenvalue weighted by atomic mass is 10.1. The van der Waals surface area contributed by atoms with Gasteiger partial charge in [-0.1, -0.05) is 12.1 Å². The van der Waals surface area contributed by atoms with Gasteiger partial charge in [-0.25, -0.2) is 9.18 Å². The van der Waals surface area contributed by atoms with Crippen molar-refractivity contribution < 1.29 is 13.9 Å². The Morgan fingerprint density at radius 1 is 1.30 bits per heavy atom. The minimum atomic E-state index is -0.489. The molecule has 4 nitrogen and oxygen atoms in total. The van der Waals surface area contributed by atoms with E-state index in [0.29, 0.717) is 23.5 Å². The van der Waals surface area contributed by atoms with Crippen LogP contribution in [0.1, 0.15) is 15.9 Å². The van der Waals surface area contributed by atoms with E-state index in [1.165, 1.54) is 19.2 Å². The average molecular weight is 274 g/mol. The van der Waals surface area contributed by atoms with Crippen LogP contribution in [0.5, 0.6) is 0 Å². The molecule has 3 N–H and O–H groups in total. The number of methoxy groups -OCH3 is 1. The Kier molecular flexibility index (Phi) is 4.20. The summed E-state index contributed by atoms with van der Waals surface area (Å²) < 4.78 is 17.7. The van der Waals surface area contributed by atoms with Crippen molar-refractivity contribution in [2.45, 2.75) is 6.54 Å². The van der Waals surface area contributed by atoms with Crippen molar-refractivity contribution in [1.82, 2.24) is 0 Å². The minimum Gasteiger partial charge on any atom is -0.465 e. The van der Waals surface area contributed by atoms with Gasteiger partial charge in [0, 0.05) is 17.9 Å². The zero-order valence-corrected chi connectivity index (χ0v) is 11.0. The molecular weight excluding hydrogens is 259 g/mol. The van der Waals surface area contributed by atoms with Crippen LogP contribution in [0.2, 0.25) is 0 Å². The normalized spacial score (nSPS) is 10.1. The average Bonchev–Trinajstić information content (AvgIpc) is 2.45. The lowest BCUT2D eigenvalue weighted by molar-refractivity contribution is 0.0602. The van der Waals surface area contributed by atoms with Crippen LogP contribution in [-0.2, 0) is 11.3 Å². The predicted molar refractivity (Wildman–Crippen MR) is 75.9 cm³/mol. The van der Waals surface area contributed by atoms with Gasteiger partial charge in [0.2, 0.25) is 0 Å². The number of carbonyl (C=O) groups is 1. The van der Waals surface area contributed by atoms with E-state index >= 15 is 0 Å². The molecule has 0 atom stereocenters. The number of ether oxygens (including phenoxy) is 1. The Morgan fingerprint density at radius 2 is 2.10 bits per heavy atom. The highest BCUT2D eigenvalue weighted by Gasteiger charge is 2.10. The van der Waals surface area contributed by atoms with Crippen LogP contribution in [0.3, 0.4) is 0 Å². The van der Waals surface area contributed by atoms with Crippen LogP contribution in [0.25, 0.3) is 0 Å². The monoisotopic (exact) mass is 274 g/mol. The molecule has 0 spiro atoms. The Hall–Kier alpha value is -2.56. The molecule has 2 rings (SSSR count). The number of nitrogens with one attached hydrogen (secondary N) is 1. The number of nitrogens with two attached hydrogens (primary N) is 1. The van der Waals surface area contributed by atoms with Gasteiger partial charge in [-0.15, -0.1) is 0 Å². The standard InChI is InChI=1S/C15H15FN2O2/c1-20-15(19)13-8-12(5-6-14(13)17)18-9-10-3-2-4-11(16)7-10/h2-8,18H,9,17H2,1H3. The van der Waals surface area contributed by atoms with E-state index in [-0.39, 0.29) is 5.82 Å². The van der Waals surface area contributed by atoms with Gasteiger partial charge in [0.1, 0.15) is 5.82 Å². The predicted octanol–water partition coefficient (Wildman–Crippen LogP) is 2.81. The molecule has 0 fully saturated rings. The minimum absolute atomic E-state index is 0.281. The number of hydrogen-bond acceptors (Lipinski definition) is 4. The van der Waals surface area contributed by atoms with Gasteiger partial charge in [0.05, 0.1) is 12.7 Å². The second-order valence-corrected chi connectivity index (χ2v) is 4.28. The molecular formula is C15H15FN2O2. The van der Waals surface area contributed by atoms with E-state index in [1.54, 1.807) is 24.3 Å². The maximum atomic E-state index is 13.1. The number of hydrogen-bond donors (Lipinski definition) is 2. The topological polar surface area (TPSA) is 64.3 Å². The molecule has 104 valence electrons. The highest BCUT2D eigenvalue weighted by Crippen LogP contribution is 2.19. The van der Waals surface area contributed by atoms with Crippen molar-refractivity contribution >= 4 is 17.3 Å². The van der Waals surface area contributed by atoms with Crippen molar-refractivity contribution in [3.63, 3.8) is 0 Å². The van der Waals surface area contributed by atoms with Crippen molar-refractivity contribution in [3.8, 4) is 0 Å². The number of benzene rings is 2. The molecule has 0 aliphatic rings. The van der Waals surface area contributed by atoms with Crippen LogP contribution in [0.15, 0.2) is 42.5 Å². The number of carbonyl (C=O) groups excluding carboxylic acids is 1. The third-order valence-electron chi connectivity index (χ3n) is 2.84. The summed E-state index contributed by atoms with van der Waals surface area (Å²) in [6.45, 7) is 0.447. The third-order valence-corrected chi connectivity index (χ3v) is 2.84. The lowest BCUT2D eigenvalue weighted by Gasteiger charge is -2.10. The van der Waals surface area contributed by atoms with E-state index < -0.39 is 5.97 Å². The summed E-state index contributed by atoms with van der Waals surface area (Å²) >= 11 is 0. The molecule has 20 heavy (non-hydrogen) atoms. The molecule has 0 aromatic heterocycles. The summed E-state index contributed by atoms with van der Waals surface area (Å²) in [6, 6.07) is 11.3. The van der Waals surface area contributed by atoms with Crippen molar-refractivity contribution in [1.29, 1.82) is 0 Å². The maximum absolute atomic E-state index is 13.1. The van der Waals surface area contributed by atoms with E-state index in [0.717, 1.165) is 5.56 Å². The fraction of sp³-hybridized carbons (Fsp3) is 0.133. The molecule has 0 amide bonds. The van der Waals surface area contributed by atoms with Crippen molar-refractivity contribution in [2.75, 3.05) is 18.2 Å². The largest absolute Gasteiger partial charge is 0.465 e. The highest BCUT2D eigenvalue weighted by molar-refractivity contribution is 5.96. The number of anilines is 2. The van der Waals surface area contributed by atoms with Gasteiger partial charge in [-0.2, -0.15) is 0 Å². The summed E-state index contributed by atoms with van der Waals surface area (Å²) in [7, 11) is 1.30. The van der Waals surface area contributed by atoms with E-state index in [9.17, 15) is 9.18 Å². The first-order valence-electron chi connectivity index (χ1n) is 6.06.